The van der Waals surface area contributed by atoms with Crippen molar-refractivity contribution in [3.63, 3.8) is 0 Å². The summed E-state index contributed by atoms with van der Waals surface area (Å²) in [6.07, 6.45) is 25.3. The van der Waals surface area contributed by atoms with Gasteiger partial charge in [-0.1, -0.05) is 122 Å². The van der Waals surface area contributed by atoms with Gasteiger partial charge in [0.2, 0.25) is 0 Å². The Labute approximate surface area is 208 Å². The van der Waals surface area contributed by atoms with Crippen molar-refractivity contribution < 1.29 is 0 Å². The zero-order chi connectivity index (χ0) is 23.6. The lowest BCUT2D eigenvalue weighted by molar-refractivity contribution is 0.147. The molecule has 33 heavy (non-hydrogen) atoms. The van der Waals surface area contributed by atoms with Crippen LogP contribution < -0.4 is 5.30 Å². The van der Waals surface area contributed by atoms with Crippen LogP contribution in [0.4, 0.5) is 0 Å². The van der Waals surface area contributed by atoms with Gasteiger partial charge in [-0.3, -0.25) is 9.80 Å². The summed E-state index contributed by atoms with van der Waals surface area (Å²) in [5, 5.41) is 1.63. The van der Waals surface area contributed by atoms with Gasteiger partial charge in [-0.25, -0.2) is 0 Å². The molecule has 0 saturated carbocycles. The summed E-state index contributed by atoms with van der Waals surface area (Å²) >= 11 is 0. The summed E-state index contributed by atoms with van der Waals surface area (Å²) in [6.45, 7) is 11.0. The molecule has 1 aromatic rings. The summed E-state index contributed by atoms with van der Waals surface area (Å²) < 4.78 is 0. The molecule has 0 atom stereocenters. The molecule has 0 bridgehead atoms. The van der Waals surface area contributed by atoms with Crippen LogP contribution in [0.1, 0.15) is 117 Å². The molecule has 2 rings (SSSR count). The molecule has 1 aromatic carbocycles. The molecule has 0 amide bonds. The van der Waals surface area contributed by atoms with E-state index >= 15 is 0 Å². The third-order valence-corrected chi connectivity index (χ3v) is 11.1. The van der Waals surface area contributed by atoms with Crippen LogP contribution in [0.5, 0.6) is 0 Å². The highest BCUT2D eigenvalue weighted by Crippen LogP contribution is 2.56. The lowest BCUT2D eigenvalue weighted by Crippen LogP contribution is -2.48. The Hall–Kier alpha value is -0.430. The van der Waals surface area contributed by atoms with E-state index in [4.69, 9.17) is 0 Å². The minimum Gasteiger partial charge on any atom is -0.258 e. The van der Waals surface area contributed by atoms with Gasteiger partial charge in [0.1, 0.15) is 12.6 Å². The largest absolute Gasteiger partial charge is 0.258 e. The molecule has 1 fully saturated rings. The van der Waals surface area contributed by atoms with Gasteiger partial charge in [0.25, 0.3) is 0 Å². The van der Waals surface area contributed by atoms with Gasteiger partial charge in [-0.05, 0) is 25.0 Å². The standard InChI is InChI=1S/C30H56N2P/c1-4-6-8-10-12-14-16-21-25-31-27-32(26-22-17-15-13-11-9-7-5-2)29-33(3,28-31)30-23-19-18-20-24-30/h18-20,23-24H,4-17,21-22,25-29H2,1-3H3/q+1. The van der Waals surface area contributed by atoms with Crippen molar-refractivity contribution in [1.29, 1.82) is 0 Å². The third-order valence-electron chi connectivity index (χ3n) is 7.46. The first-order valence-corrected chi connectivity index (χ1v) is 17.1. The molecular weight excluding hydrogens is 419 g/mol. The molecular formula is C30H56N2P+. The topological polar surface area (TPSA) is 6.48 Å². The van der Waals surface area contributed by atoms with Crippen LogP contribution in [-0.2, 0) is 0 Å². The first-order chi connectivity index (χ1) is 16.2. The molecule has 1 saturated heterocycles. The second-order valence-corrected chi connectivity index (χ2v) is 14.8. The molecule has 1 aliphatic rings. The van der Waals surface area contributed by atoms with E-state index in [-0.39, 0.29) is 0 Å². The maximum absolute atomic E-state index is 2.81. The highest BCUT2D eigenvalue weighted by Gasteiger charge is 2.42. The first kappa shape index (κ1) is 28.8. The van der Waals surface area contributed by atoms with Gasteiger partial charge >= 0.3 is 0 Å². The van der Waals surface area contributed by atoms with Gasteiger partial charge in [0.15, 0.2) is 0 Å². The van der Waals surface area contributed by atoms with Gasteiger partial charge in [-0.2, -0.15) is 0 Å². The Kier molecular flexibility index (Phi) is 15.6. The number of rotatable bonds is 19. The summed E-state index contributed by atoms with van der Waals surface area (Å²) in [6, 6.07) is 11.5. The Bertz CT molecular complexity index is 548. The maximum Gasteiger partial charge on any atom is 0.118 e. The van der Waals surface area contributed by atoms with Gasteiger partial charge < -0.3 is 0 Å². The number of hydrogen-bond acceptors (Lipinski definition) is 2. The second-order valence-electron chi connectivity index (χ2n) is 10.9. The van der Waals surface area contributed by atoms with E-state index in [1.54, 1.807) is 5.30 Å². The normalized spacial score (nSPS) is 16.9. The van der Waals surface area contributed by atoms with Crippen molar-refractivity contribution in [3.05, 3.63) is 30.3 Å². The first-order valence-electron chi connectivity index (χ1n) is 14.5. The zero-order valence-electron chi connectivity index (χ0n) is 22.6. The van der Waals surface area contributed by atoms with E-state index in [1.165, 1.54) is 135 Å². The lowest BCUT2D eigenvalue weighted by Gasteiger charge is -2.41. The van der Waals surface area contributed by atoms with Crippen LogP contribution >= 0.6 is 7.26 Å². The van der Waals surface area contributed by atoms with Crippen molar-refractivity contribution in [2.75, 3.05) is 39.0 Å². The number of unbranched alkanes of at least 4 members (excludes halogenated alkanes) is 14. The lowest BCUT2D eigenvalue weighted by atomic mass is 10.1. The zero-order valence-corrected chi connectivity index (χ0v) is 23.5. The molecule has 0 N–H and O–H groups in total. The Morgan fingerprint density at radius 3 is 1.39 bits per heavy atom. The molecule has 190 valence electrons. The predicted molar refractivity (Wildman–Crippen MR) is 152 cm³/mol. The Balaban J connectivity index is 1.76. The molecule has 0 radical (unpaired) electrons. The summed E-state index contributed by atoms with van der Waals surface area (Å²) in [7, 11) is -1.12. The van der Waals surface area contributed by atoms with E-state index < -0.39 is 7.26 Å². The fourth-order valence-corrected chi connectivity index (χ4v) is 9.01. The molecule has 1 aliphatic heterocycles. The summed E-state index contributed by atoms with van der Waals surface area (Å²) in [5.41, 5.74) is 0. The van der Waals surface area contributed by atoms with Crippen molar-refractivity contribution >= 4 is 12.6 Å². The predicted octanol–water partition coefficient (Wildman–Crippen LogP) is 8.73. The molecule has 2 nitrogen and oxygen atoms in total. The number of benzene rings is 1. The van der Waals surface area contributed by atoms with E-state index in [0.717, 1.165) is 0 Å². The van der Waals surface area contributed by atoms with E-state index in [2.05, 4.69) is 60.6 Å². The summed E-state index contributed by atoms with van der Waals surface area (Å²) in [5.74, 6) is 0. The Morgan fingerprint density at radius 2 is 0.970 bits per heavy atom. The number of nitrogens with zero attached hydrogens (tertiary/aromatic N) is 2. The van der Waals surface area contributed by atoms with Crippen molar-refractivity contribution in [1.82, 2.24) is 9.80 Å². The maximum atomic E-state index is 2.81. The van der Waals surface area contributed by atoms with Crippen LogP contribution in [0, 0.1) is 0 Å². The highest BCUT2D eigenvalue weighted by molar-refractivity contribution is 7.82. The fraction of sp³-hybridized carbons (Fsp3) is 0.800. The van der Waals surface area contributed by atoms with Gasteiger partial charge in [0, 0.05) is 13.1 Å². The van der Waals surface area contributed by atoms with Crippen molar-refractivity contribution in [2.45, 2.75) is 117 Å². The molecule has 0 aromatic heterocycles. The van der Waals surface area contributed by atoms with Crippen LogP contribution in [0.25, 0.3) is 0 Å². The minimum absolute atomic E-state index is 1.12. The van der Waals surface area contributed by atoms with Crippen LogP contribution in [-0.4, -0.2) is 48.8 Å². The number of hydrogen-bond donors (Lipinski definition) is 0. The van der Waals surface area contributed by atoms with Crippen LogP contribution in [0.2, 0.25) is 0 Å². The average molecular weight is 476 g/mol. The fourth-order valence-electron chi connectivity index (χ4n) is 5.47. The van der Waals surface area contributed by atoms with Crippen molar-refractivity contribution in [2.24, 2.45) is 0 Å². The molecule has 1 heterocycles. The summed E-state index contributed by atoms with van der Waals surface area (Å²) in [4.78, 5) is 5.62. The average Bonchev–Trinajstić information content (AvgIpc) is 2.83. The SMILES string of the molecule is CCCCCCCCCCN1CN(CCCCCCCCCC)C[P+](C)(c2ccccc2)C1. The smallest absolute Gasteiger partial charge is 0.118 e. The van der Waals surface area contributed by atoms with Gasteiger partial charge in [-0.15, -0.1) is 0 Å². The van der Waals surface area contributed by atoms with Crippen LogP contribution in [0.3, 0.4) is 0 Å². The second kappa shape index (κ2) is 17.9. The molecule has 0 spiro atoms. The van der Waals surface area contributed by atoms with E-state index in [1.807, 2.05) is 0 Å². The van der Waals surface area contributed by atoms with Crippen molar-refractivity contribution in [3.8, 4) is 0 Å². The van der Waals surface area contributed by atoms with E-state index in [0.29, 0.717) is 0 Å². The van der Waals surface area contributed by atoms with E-state index in [9.17, 15) is 0 Å². The quantitative estimate of drug-likeness (QED) is 0.146. The minimum atomic E-state index is -1.12. The molecule has 0 unspecified atom stereocenters. The van der Waals surface area contributed by atoms with Crippen LogP contribution in [0.15, 0.2) is 30.3 Å². The Morgan fingerprint density at radius 1 is 0.576 bits per heavy atom. The third kappa shape index (κ3) is 12.2. The monoisotopic (exact) mass is 475 g/mol. The highest BCUT2D eigenvalue weighted by atomic mass is 31.2. The molecule has 0 aliphatic carbocycles. The molecule has 3 heteroatoms. The van der Waals surface area contributed by atoms with Gasteiger partial charge in [0.05, 0.1) is 25.9 Å².